The second-order valence-corrected chi connectivity index (χ2v) is 6.06. The number of hydrogen-bond donors (Lipinski definition) is 1. The van der Waals surface area contributed by atoms with Crippen molar-refractivity contribution in [1.29, 1.82) is 0 Å². The Labute approximate surface area is 102 Å². The second-order valence-electron chi connectivity index (χ2n) is 4.97. The Balaban J connectivity index is 1.85. The van der Waals surface area contributed by atoms with E-state index >= 15 is 0 Å². The largest absolute Gasteiger partial charge is 0.351 e. The van der Waals surface area contributed by atoms with Crippen LogP contribution in [0.15, 0.2) is 6.20 Å². The molecule has 16 heavy (non-hydrogen) atoms. The molecule has 1 aliphatic carbocycles. The molecule has 1 N–H and O–H groups in total. The van der Waals surface area contributed by atoms with Gasteiger partial charge in [0.2, 0.25) is 0 Å². The van der Waals surface area contributed by atoms with E-state index in [1.807, 2.05) is 6.20 Å². The Morgan fingerprint density at radius 3 is 2.94 bits per heavy atom. The Bertz CT molecular complexity index is 331. The van der Waals surface area contributed by atoms with Crippen LogP contribution in [0, 0.1) is 5.92 Å². The maximum atomic E-state index is 4.48. The molecule has 0 saturated heterocycles. The molecule has 3 nitrogen and oxygen atoms in total. The Morgan fingerprint density at radius 2 is 2.31 bits per heavy atom. The van der Waals surface area contributed by atoms with Gasteiger partial charge in [-0.1, -0.05) is 13.8 Å². The molecule has 0 spiro atoms. The van der Waals surface area contributed by atoms with Crippen LogP contribution in [-0.4, -0.2) is 24.6 Å². The van der Waals surface area contributed by atoms with E-state index in [2.05, 4.69) is 36.1 Å². The van der Waals surface area contributed by atoms with Gasteiger partial charge in [-0.2, -0.15) is 0 Å². The zero-order chi connectivity index (χ0) is 11.5. The number of anilines is 1. The summed E-state index contributed by atoms with van der Waals surface area (Å²) < 4.78 is 0. The molecule has 4 heteroatoms. The van der Waals surface area contributed by atoms with Crippen molar-refractivity contribution in [3.05, 3.63) is 11.1 Å². The lowest BCUT2D eigenvalue weighted by Gasteiger charge is -2.14. The molecule has 0 bridgehead atoms. The average Bonchev–Trinajstić information content (AvgIpc) is 2.92. The third kappa shape index (κ3) is 3.46. The number of nitrogens with zero attached hydrogens (tertiary/aromatic N) is 2. The number of thiazole rings is 1. The zero-order valence-corrected chi connectivity index (χ0v) is 11.2. The van der Waals surface area contributed by atoms with Crippen LogP contribution in [0.1, 0.15) is 31.6 Å². The predicted molar refractivity (Wildman–Crippen MR) is 70.1 cm³/mol. The van der Waals surface area contributed by atoms with E-state index in [1.165, 1.54) is 24.3 Å². The van der Waals surface area contributed by atoms with Crippen molar-refractivity contribution >= 4 is 16.5 Å². The quantitative estimate of drug-likeness (QED) is 0.826. The molecule has 2 rings (SSSR count). The van der Waals surface area contributed by atoms with Crippen LogP contribution in [0.2, 0.25) is 0 Å². The van der Waals surface area contributed by atoms with E-state index in [4.69, 9.17) is 0 Å². The molecule has 0 aromatic carbocycles. The summed E-state index contributed by atoms with van der Waals surface area (Å²) >= 11 is 1.81. The molecule has 0 radical (unpaired) electrons. The van der Waals surface area contributed by atoms with Crippen molar-refractivity contribution in [3.8, 4) is 0 Å². The zero-order valence-electron chi connectivity index (χ0n) is 10.4. The van der Waals surface area contributed by atoms with E-state index in [1.54, 1.807) is 11.3 Å². The molecule has 0 atom stereocenters. The minimum atomic E-state index is 0.537. The van der Waals surface area contributed by atoms with Gasteiger partial charge in [0.1, 0.15) is 0 Å². The SMILES string of the molecule is CC(C)NCc1cnc(N(C)CC2CC2)s1. The summed E-state index contributed by atoms with van der Waals surface area (Å²) in [7, 11) is 2.15. The van der Waals surface area contributed by atoms with Crippen LogP contribution in [0.5, 0.6) is 0 Å². The van der Waals surface area contributed by atoms with Crippen LogP contribution in [0.3, 0.4) is 0 Å². The summed E-state index contributed by atoms with van der Waals surface area (Å²) in [5.74, 6) is 0.922. The number of nitrogens with one attached hydrogen (secondary N) is 1. The highest BCUT2D eigenvalue weighted by Gasteiger charge is 2.23. The molecule has 1 aromatic heterocycles. The van der Waals surface area contributed by atoms with Crippen LogP contribution < -0.4 is 10.2 Å². The van der Waals surface area contributed by atoms with Gasteiger partial charge in [-0.15, -0.1) is 11.3 Å². The number of aromatic nitrogens is 1. The molecule has 0 amide bonds. The van der Waals surface area contributed by atoms with Gasteiger partial charge < -0.3 is 10.2 Å². The Kier molecular flexibility index (Phi) is 3.82. The molecule has 1 fully saturated rings. The summed E-state index contributed by atoms with van der Waals surface area (Å²) in [5.41, 5.74) is 0. The summed E-state index contributed by atoms with van der Waals surface area (Å²) in [6.07, 6.45) is 4.80. The molecule has 0 unspecified atom stereocenters. The first-order valence-electron chi connectivity index (χ1n) is 6.04. The van der Waals surface area contributed by atoms with Crippen molar-refractivity contribution in [2.24, 2.45) is 5.92 Å². The molecule has 1 saturated carbocycles. The van der Waals surface area contributed by atoms with Crippen molar-refractivity contribution in [1.82, 2.24) is 10.3 Å². The van der Waals surface area contributed by atoms with E-state index in [0.29, 0.717) is 6.04 Å². The standard InChI is InChI=1S/C12H21N3S/c1-9(2)13-6-11-7-14-12(16-11)15(3)8-10-4-5-10/h7,9-10,13H,4-6,8H2,1-3H3. The van der Waals surface area contributed by atoms with Gasteiger partial charge in [0.15, 0.2) is 5.13 Å². The monoisotopic (exact) mass is 239 g/mol. The highest BCUT2D eigenvalue weighted by atomic mass is 32.1. The summed E-state index contributed by atoms with van der Waals surface area (Å²) in [5, 5.41) is 4.58. The lowest BCUT2D eigenvalue weighted by molar-refractivity contribution is 0.593. The van der Waals surface area contributed by atoms with Crippen LogP contribution >= 0.6 is 11.3 Å². The molecule has 90 valence electrons. The molecule has 1 aromatic rings. The van der Waals surface area contributed by atoms with Gasteiger partial charge in [-0.05, 0) is 18.8 Å². The third-order valence-corrected chi connectivity index (χ3v) is 3.89. The van der Waals surface area contributed by atoms with Gasteiger partial charge >= 0.3 is 0 Å². The van der Waals surface area contributed by atoms with Crippen molar-refractivity contribution in [2.45, 2.75) is 39.3 Å². The van der Waals surface area contributed by atoms with E-state index in [0.717, 1.165) is 17.6 Å². The van der Waals surface area contributed by atoms with Crippen LogP contribution in [0.25, 0.3) is 0 Å². The lowest BCUT2D eigenvalue weighted by atomic mass is 10.4. The molecular formula is C12H21N3S. The van der Waals surface area contributed by atoms with Gasteiger partial charge in [0.05, 0.1) is 0 Å². The number of hydrogen-bond acceptors (Lipinski definition) is 4. The van der Waals surface area contributed by atoms with Crippen molar-refractivity contribution in [2.75, 3.05) is 18.5 Å². The fourth-order valence-corrected chi connectivity index (χ4v) is 2.46. The molecular weight excluding hydrogens is 218 g/mol. The highest BCUT2D eigenvalue weighted by Crippen LogP contribution is 2.31. The first-order chi connectivity index (χ1) is 7.65. The van der Waals surface area contributed by atoms with Crippen LogP contribution in [-0.2, 0) is 6.54 Å². The van der Waals surface area contributed by atoms with E-state index < -0.39 is 0 Å². The summed E-state index contributed by atoms with van der Waals surface area (Å²) in [6, 6.07) is 0.537. The topological polar surface area (TPSA) is 28.2 Å². The maximum absolute atomic E-state index is 4.48. The smallest absolute Gasteiger partial charge is 0.185 e. The summed E-state index contributed by atoms with van der Waals surface area (Å²) in [4.78, 5) is 8.10. The minimum absolute atomic E-state index is 0.537. The van der Waals surface area contributed by atoms with Gasteiger partial charge in [0.25, 0.3) is 0 Å². The minimum Gasteiger partial charge on any atom is -0.351 e. The Hall–Kier alpha value is -0.610. The fraction of sp³-hybridized carbons (Fsp3) is 0.750. The van der Waals surface area contributed by atoms with Crippen LogP contribution in [0.4, 0.5) is 5.13 Å². The Morgan fingerprint density at radius 1 is 1.56 bits per heavy atom. The highest BCUT2D eigenvalue weighted by molar-refractivity contribution is 7.15. The van der Waals surface area contributed by atoms with E-state index in [9.17, 15) is 0 Å². The normalized spacial score (nSPS) is 15.8. The first-order valence-corrected chi connectivity index (χ1v) is 6.86. The van der Waals surface area contributed by atoms with Gasteiger partial charge in [-0.3, -0.25) is 0 Å². The van der Waals surface area contributed by atoms with Crippen molar-refractivity contribution in [3.63, 3.8) is 0 Å². The summed E-state index contributed by atoms with van der Waals surface area (Å²) in [6.45, 7) is 6.44. The van der Waals surface area contributed by atoms with Gasteiger partial charge in [0, 0.05) is 37.3 Å². The van der Waals surface area contributed by atoms with Crippen molar-refractivity contribution < 1.29 is 0 Å². The van der Waals surface area contributed by atoms with Gasteiger partial charge in [-0.25, -0.2) is 4.98 Å². The first kappa shape index (κ1) is 11.9. The average molecular weight is 239 g/mol. The molecule has 0 aliphatic heterocycles. The maximum Gasteiger partial charge on any atom is 0.185 e. The molecule has 1 aliphatic rings. The predicted octanol–water partition coefficient (Wildman–Crippen LogP) is 2.49. The van der Waals surface area contributed by atoms with E-state index in [-0.39, 0.29) is 0 Å². The number of rotatable bonds is 6. The third-order valence-electron chi connectivity index (χ3n) is 2.78. The second kappa shape index (κ2) is 5.15. The molecule has 1 heterocycles. The lowest BCUT2D eigenvalue weighted by Crippen LogP contribution is -2.21. The fourth-order valence-electron chi connectivity index (χ4n) is 1.63.